The molecule has 0 atom stereocenters. The molecule has 0 saturated heterocycles. The van der Waals surface area contributed by atoms with E-state index < -0.39 is 0 Å². The van der Waals surface area contributed by atoms with Crippen LogP contribution in [-0.4, -0.2) is 15.0 Å². The zero-order valence-corrected chi connectivity index (χ0v) is 14.8. The molecular weight excluding hydrogens is 324 g/mol. The van der Waals surface area contributed by atoms with Gasteiger partial charge < -0.3 is 10.7 Å². The second kappa shape index (κ2) is 6.26. The second-order valence-corrected chi connectivity index (χ2v) is 6.76. The van der Waals surface area contributed by atoms with Gasteiger partial charge in [0.05, 0.1) is 5.52 Å². The number of hydrogen-bond donors (Lipinski definition) is 2. The Kier molecular flexibility index (Phi) is 3.92. The lowest BCUT2D eigenvalue weighted by Crippen LogP contribution is -2.07. The van der Waals surface area contributed by atoms with Crippen LogP contribution in [0.5, 0.6) is 0 Å². The van der Waals surface area contributed by atoms with E-state index in [0.29, 0.717) is 5.82 Å². The molecule has 0 amide bonds. The summed E-state index contributed by atoms with van der Waals surface area (Å²) in [6, 6.07) is 9.99. The molecular formula is C21H20N4O. The van der Waals surface area contributed by atoms with E-state index in [1.807, 2.05) is 26.1 Å². The number of aromatic nitrogens is 3. The third-order valence-corrected chi connectivity index (χ3v) is 4.80. The lowest BCUT2D eigenvalue weighted by atomic mass is 10.0. The Labute approximate surface area is 150 Å². The van der Waals surface area contributed by atoms with Gasteiger partial charge in [0.2, 0.25) is 5.56 Å². The van der Waals surface area contributed by atoms with Crippen molar-refractivity contribution in [3.05, 3.63) is 75.3 Å². The number of nitrogens with one attached hydrogen (secondary N) is 1. The number of nitrogens with zero attached hydrogens (tertiary/aromatic N) is 2. The molecule has 3 aromatic heterocycles. The standard InChI is InChI=1S/C21H20N4O/c1-12-3-6-16-17-9-14(4-5-15-11-23-19(26)8-13(15)2)10-24-20(17)21(22)25-18(16)7-12/h3,6-11H,4-5H2,1-2H3,(H2,22,25)(H,23,26). The number of anilines is 1. The number of nitrogen functional groups attached to an aromatic ring is 1. The minimum atomic E-state index is -0.0663. The monoisotopic (exact) mass is 344 g/mol. The summed E-state index contributed by atoms with van der Waals surface area (Å²) < 4.78 is 0. The van der Waals surface area contributed by atoms with Crippen LogP contribution in [0.2, 0.25) is 0 Å². The average Bonchev–Trinajstić information content (AvgIpc) is 2.60. The molecule has 3 heterocycles. The molecule has 0 radical (unpaired) electrons. The molecule has 0 bridgehead atoms. The predicted molar refractivity (Wildman–Crippen MR) is 105 cm³/mol. The number of aromatic amines is 1. The van der Waals surface area contributed by atoms with Gasteiger partial charge in [-0.15, -0.1) is 0 Å². The third-order valence-electron chi connectivity index (χ3n) is 4.80. The van der Waals surface area contributed by atoms with Gasteiger partial charge in [-0.05, 0) is 61.1 Å². The number of pyridine rings is 3. The molecule has 1 aromatic carbocycles. The Balaban J connectivity index is 1.74. The first-order valence-corrected chi connectivity index (χ1v) is 8.64. The molecule has 0 fully saturated rings. The Morgan fingerprint density at radius 3 is 2.73 bits per heavy atom. The first-order valence-electron chi connectivity index (χ1n) is 8.64. The van der Waals surface area contributed by atoms with Gasteiger partial charge >= 0.3 is 0 Å². The van der Waals surface area contributed by atoms with Crippen LogP contribution in [0.25, 0.3) is 21.8 Å². The number of nitrogens with two attached hydrogens (primary N) is 1. The Morgan fingerprint density at radius 1 is 1.08 bits per heavy atom. The van der Waals surface area contributed by atoms with Gasteiger partial charge in [0.15, 0.2) is 5.82 Å². The van der Waals surface area contributed by atoms with Crippen molar-refractivity contribution in [3.63, 3.8) is 0 Å². The maximum Gasteiger partial charge on any atom is 0.248 e. The highest BCUT2D eigenvalue weighted by atomic mass is 16.1. The summed E-state index contributed by atoms with van der Waals surface area (Å²) in [5, 5.41) is 2.09. The first-order chi connectivity index (χ1) is 12.5. The minimum absolute atomic E-state index is 0.0663. The van der Waals surface area contributed by atoms with Gasteiger partial charge in [-0.3, -0.25) is 9.78 Å². The molecule has 0 spiro atoms. The van der Waals surface area contributed by atoms with Crippen LogP contribution >= 0.6 is 0 Å². The quantitative estimate of drug-likeness (QED) is 0.557. The number of fused-ring (bicyclic) bond motifs is 3. The summed E-state index contributed by atoms with van der Waals surface area (Å²) in [6.07, 6.45) is 5.34. The lowest BCUT2D eigenvalue weighted by molar-refractivity contribution is 0.929. The van der Waals surface area contributed by atoms with E-state index in [0.717, 1.165) is 56.9 Å². The molecule has 0 unspecified atom stereocenters. The second-order valence-electron chi connectivity index (χ2n) is 6.76. The van der Waals surface area contributed by atoms with E-state index in [1.165, 1.54) is 0 Å². The number of aryl methyl sites for hydroxylation is 4. The van der Waals surface area contributed by atoms with Crippen molar-refractivity contribution in [2.75, 3.05) is 5.73 Å². The van der Waals surface area contributed by atoms with Crippen molar-refractivity contribution in [1.82, 2.24) is 15.0 Å². The summed E-state index contributed by atoms with van der Waals surface area (Å²) in [4.78, 5) is 23.2. The maximum absolute atomic E-state index is 11.4. The highest BCUT2D eigenvalue weighted by Crippen LogP contribution is 2.28. The molecule has 0 saturated carbocycles. The van der Waals surface area contributed by atoms with Gasteiger partial charge in [-0.1, -0.05) is 12.1 Å². The van der Waals surface area contributed by atoms with Crippen molar-refractivity contribution in [2.24, 2.45) is 0 Å². The molecule has 0 aliphatic heterocycles. The van der Waals surface area contributed by atoms with E-state index in [1.54, 1.807) is 12.3 Å². The molecule has 26 heavy (non-hydrogen) atoms. The van der Waals surface area contributed by atoms with Crippen LogP contribution < -0.4 is 11.3 Å². The van der Waals surface area contributed by atoms with Crippen molar-refractivity contribution >= 4 is 27.6 Å². The smallest absolute Gasteiger partial charge is 0.248 e. The van der Waals surface area contributed by atoms with Crippen molar-refractivity contribution < 1.29 is 0 Å². The average molecular weight is 344 g/mol. The van der Waals surface area contributed by atoms with Crippen LogP contribution in [0.15, 0.2) is 47.5 Å². The maximum atomic E-state index is 11.4. The van der Waals surface area contributed by atoms with Crippen LogP contribution in [0.3, 0.4) is 0 Å². The van der Waals surface area contributed by atoms with Gasteiger partial charge in [0.25, 0.3) is 0 Å². The Hall–Kier alpha value is -3.21. The summed E-state index contributed by atoms with van der Waals surface area (Å²) in [5.41, 5.74) is 12.1. The third kappa shape index (κ3) is 2.92. The first kappa shape index (κ1) is 16.3. The highest BCUT2D eigenvalue weighted by molar-refractivity contribution is 6.08. The molecule has 4 aromatic rings. The number of hydrogen-bond acceptors (Lipinski definition) is 4. The van der Waals surface area contributed by atoms with E-state index in [4.69, 9.17) is 5.73 Å². The van der Waals surface area contributed by atoms with Gasteiger partial charge in [-0.2, -0.15) is 0 Å². The summed E-state index contributed by atoms with van der Waals surface area (Å²) >= 11 is 0. The summed E-state index contributed by atoms with van der Waals surface area (Å²) in [5.74, 6) is 0.459. The largest absolute Gasteiger partial charge is 0.382 e. The molecule has 130 valence electrons. The van der Waals surface area contributed by atoms with E-state index in [9.17, 15) is 4.79 Å². The molecule has 0 aliphatic rings. The topological polar surface area (TPSA) is 84.7 Å². The zero-order chi connectivity index (χ0) is 18.3. The summed E-state index contributed by atoms with van der Waals surface area (Å²) in [6.45, 7) is 4.01. The fraction of sp³-hybridized carbons (Fsp3) is 0.190. The number of benzene rings is 1. The molecule has 0 aliphatic carbocycles. The Morgan fingerprint density at radius 2 is 1.92 bits per heavy atom. The molecule has 5 heteroatoms. The lowest BCUT2D eigenvalue weighted by Gasteiger charge is -2.09. The minimum Gasteiger partial charge on any atom is -0.382 e. The fourth-order valence-corrected chi connectivity index (χ4v) is 3.35. The number of rotatable bonds is 3. The Bertz CT molecular complexity index is 1190. The van der Waals surface area contributed by atoms with Crippen LogP contribution in [0.1, 0.15) is 22.3 Å². The number of H-pyrrole nitrogens is 1. The highest BCUT2D eigenvalue weighted by Gasteiger charge is 2.09. The van der Waals surface area contributed by atoms with E-state index >= 15 is 0 Å². The fourth-order valence-electron chi connectivity index (χ4n) is 3.35. The molecule has 4 rings (SSSR count). The van der Waals surface area contributed by atoms with Crippen molar-refractivity contribution in [1.29, 1.82) is 0 Å². The predicted octanol–water partition coefficient (Wildman–Crippen LogP) is 3.46. The normalized spacial score (nSPS) is 11.3. The van der Waals surface area contributed by atoms with E-state index in [2.05, 4.69) is 33.2 Å². The van der Waals surface area contributed by atoms with Crippen molar-refractivity contribution in [3.8, 4) is 0 Å². The van der Waals surface area contributed by atoms with Crippen LogP contribution in [0.4, 0.5) is 5.82 Å². The van der Waals surface area contributed by atoms with Crippen LogP contribution in [-0.2, 0) is 12.8 Å². The SMILES string of the molecule is Cc1ccc2c(c1)nc(N)c1ncc(CCc3c[nH]c(=O)cc3C)cc12. The van der Waals surface area contributed by atoms with Gasteiger partial charge in [-0.25, -0.2) is 4.98 Å². The summed E-state index contributed by atoms with van der Waals surface area (Å²) in [7, 11) is 0. The van der Waals surface area contributed by atoms with Gasteiger partial charge in [0.1, 0.15) is 5.52 Å². The van der Waals surface area contributed by atoms with Gasteiger partial charge in [0, 0.05) is 29.2 Å². The molecule has 3 N–H and O–H groups in total. The van der Waals surface area contributed by atoms with Crippen LogP contribution in [0, 0.1) is 13.8 Å². The van der Waals surface area contributed by atoms with Crippen molar-refractivity contribution in [2.45, 2.75) is 26.7 Å². The molecule has 5 nitrogen and oxygen atoms in total. The zero-order valence-electron chi connectivity index (χ0n) is 14.8. The van der Waals surface area contributed by atoms with E-state index in [-0.39, 0.29) is 5.56 Å².